The van der Waals surface area contributed by atoms with Crippen molar-refractivity contribution < 1.29 is 23.8 Å². The van der Waals surface area contributed by atoms with E-state index in [2.05, 4.69) is 4.74 Å². The predicted octanol–water partition coefficient (Wildman–Crippen LogP) is 2.07. The Morgan fingerprint density at radius 2 is 1.75 bits per heavy atom. The van der Waals surface area contributed by atoms with E-state index in [-0.39, 0.29) is 12.4 Å². The summed E-state index contributed by atoms with van der Waals surface area (Å²) < 4.78 is 14.4. The van der Waals surface area contributed by atoms with Crippen molar-refractivity contribution in [2.45, 2.75) is 12.3 Å². The van der Waals surface area contributed by atoms with E-state index in [1.54, 1.807) is 43.5 Å². The molecule has 0 aliphatic rings. The first kappa shape index (κ1) is 15.8. The van der Waals surface area contributed by atoms with Crippen molar-refractivity contribution in [1.82, 2.24) is 0 Å². The molecule has 0 N–H and O–H groups in total. The van der Waals surface area contributed by atoms with E-state index >= 15 is 0 Å². The molecular weight excluding hydrogens is 260 g/mol. The van der Waals surface area contributed by atoms with Crippen molar-refractivity contribution in [3.8, 4) is 5.75 Å². The van der Waals surface area contributed by atoms with E-state index in [1.165, 1.54) is 14.2 Å². The van der Waals surface area contributed by atoms with Gasteiger partial charge >= 0.3 is 11.9 Å². The fraction of sp³-hybridized carbons (Fsp3) is 0.333. The number of methoxy groups -OCH3 is 3. The molecule has 1 aromatic carbocycles. The topological polar surface area (TPSA) is 61.8 Å². The smallest absolute Gasteiger partial charge is 0.317 e. The minimum atomic E-state index is -0.560. The Morgan fingerprint density at radius 1 is 1.10 bits per heavy atom. The number of ether oxygens (including phenoxy) is 3. The molecule has 0 aliphatic heterocycles. The summed E-state index contributed by atoms with van der Waals surface area (Å²) in [7, 11) is 4.22. The zero-order valence-electron chi connectivity index (χ0n) is 11.8. The summed E-state index contributed by atoms with van der Waals surface area (Å²) in [4.78, 5) is 22.8. The van der Waals surface area contributed by atoms with Crippen LogP contribution in [0.2, 0.25) is 0 Å². The highest BCUT2D eigenvalue weighted by Crippen LogP contribution is 2.22. The normalized spacial score (nSPS) is 11.9. The van der Waals surface area contributed by atoms with Crippen LogP contribution in [-0.2, 0) is 19.1 Å². The van der Waals surface area contributed by atoms with E-state index in [9.17, 15) is 9.59 Å². The summed E-state index contributed by atoms with van der Waals surface area (Å²) >= 11 is 0. The molecule has 0 aromatic heterocycles. The molecule has 0 spiro atoms. The summed E-state index contributed by atoms with van der Waals surface area (Å²) in [5, 5.41) is 0. The summed E-state index contributed by atoms with van der Waals surface area (Å²) in [6, 6.07) is 7.09. The van der Waals surface area contributed by atoms with Crippen LogP contribution in [0.5, 0.6) is 5.75 Å². The molecule has 5 heteroatoms. The van der Waals surface area contributed by atoms with Gasteiger partial charge in [-0.15, -0.1) is 0 Å². The van der Waals surface area contributed by atoms with Crippen LogP contribution >= 0.6 is 0 Å². The van der Waals surface area contributed by atoms with Gasteiger partial charge in [-0.3, -0.25) is 9.59 Å². The third-order valence-electron chi connectivity index (χ3n) is 2.77. The molecule has 1 unspecified atom stereocenters. The summed E-state index contributed by atoms with van der Waals surface area (Å²) in [6.45, 7) is 0. The summed E-state index contributed by atoms with van der Waals surface area (Å²) in [5.74, 6) is -0.609. The van der Waals surface area contributed by atoms with Crippen LogP contribution in [0, 0.1) is 0 Å². The molecule has 0 aliphatic carbocycles. The van der Waals surface area contributed by atoms with E-state index < -0.39 is 11.9 Å². The van der Waals surface area contributed by atoms with Crippen LogP contribution in [0.25, 0.3) is 0 Å². The fourth-order valence-electron chi connectivity index (χ4n) is 1.65. The first-order chi connectivity index (χ1) is 9.62. The standard InChI is InChI=1S/C15H18O5/c1-18-12-9-7-11(8-10-12)13(15(17)20-3)5-4-6-14(16)19-2/h4-5,7-10,13H,6H2,1-3H3/b5-4-. The second-order valence-electron chi connectivity index (χ2n) is 3.98. The van der Waals surface area contributed by atoms with Gasteiger partial charge in [-0.1, -0.05) is 24.3 Å². The molecule has 5 nitrogen and oxygen atoms in total. The molecule has 20 heavy (non-hydrogen) atoms. The van der Waals surface area contributed by atoms with Crippen LogP contribution in [0.3, 0.4) is 0 Å². The van der Waals surface area contributed by atoms with E-state index in [1.807, 2.05) is 0 Å². The molecule has 0 radical (unpaired) electrons. The van der Waals surface area contributed by atoms with Gasteiger partial charge in [0.05, 0.1) is 33.7 Å². The Labute approximate surface area is 118 Å². The Kier molecular flexibility index (Phi) is 6.29. The van der Waals surface area contributed by atoms with E-state index in [0.29, 0.717) is 5.75 Å². The van der Waals surface area contributed by atoms with Crippen LogP contribution in [0.1, 0.15) is 17.9 Å². The summed E-state index contributed by atoms with van der Waals surface area (Å²) in [6.07, 6.45) is 3.34. The molecule has 0 bridgehead atoms. The summed E-state index contributed by atoms with van der Waals surface area (Å²) in [5.41, 5.74) is 0.763. The van der Waals surface area contributed by atoms with Gasteiger partial charge in [0.1, 0.15) is 5.75 Å². The van der Waals surface area contributed by atoms with Crippen molar-refractivity contribution in [3.05, 3.63) is 42.0 Å². The maximum Gasteiger partial charge on any atom is 0.317 e. The minimum Gasteiger partial charge on any atom is -0.497 e. The molecule has 0 heterocycles. The first-order valence-electron chi connectivity index (χ1n) is 6.07. The lowest BCUT2D eigenvalue weighted by molar-refractivity contribution is -0.141. The quantitative estimate of drug-likeness (QED) is 0.589. The molecule has 0 saturated carbocycles. The highest BCUT2D eigenvalue weighted by atomic mass is 16.5. The van der Waals surface area contributed by atoms with Gasteiger partial charge in [0, 0.05) is 0 Å². The molecule has 0 amide bonds. The van der Waals surface area contributed by atoms with Crippen LogP contribution in [-0.4, -0.2) is 33.3 Å². The Hall–Kier alpha value is -2.30. The van der Waals surface area contributed by atoms with Crippen molar-refractivity contribution in [2.75, 3.05) is 21.3 Å². The van der Waals surface area contributed by atoms with Gasteiger partial charge in [0.25, 0.3) is 0 Å². The van der Waals surface area contributed by atoms with Gasteiger partial charge in [-0.2, -0.15) is 0 Å². The van der Waals surface area contributed by atoms with Crippen molar-refractivity contribution in [3.63, 3.8) is 0 Å². The number of carbonyl (C=O) groups excluding carboxylic acids is 2. The largest absolute Gasteiger partial charge is 0.497 e. The lowest BCUT2D eigenvalue weighted by atomic mass is 9.98. The second kappa shape index (κ2) is 7.99. The van der Waals surface area contributed by atoms with Gasteiger partial charge in [0.15, 0.2) is 0 Å². The number of esters is 2. The average molecular weight is 278 g/mol. The Morgan fingerprint density at radius 3 is 2.25 bits per heavy atom. The second-order valence-corrected chi connectivity index (χ2v) is 3.98. The molecule has 1 aromatic rings. The predicted molar refractivity (Wildman–Crippen MR) is 73.5 cm³/mol. The first-order valence-corrected chi connectivity index (χ1v) is 6.07. The third-order valence-corrected chi connectivity index (χ3v) is 2.77. The van der Waals surface area contributed by atoms with Crippen LogP contribution < -0.4 is 4.74 Å². The van der Waals surface area contributed by atoms with E-state index in [4.69, 9.17) is 9.47 Å². The number of hydrogen-bond acceptors (Lipinski definition) is 5. The SMILES string of the molecule is COC(=O)C/C=C\C(C(=O)OC)c1ccc(OC)cc1. The zero-order chi connectivity index (χ0) is 15.0. The van der Waals surface area contributed by atoms with Crippen LogP contribution in [0.15, 0.2) is 36.4 Å². The van der Waals surface area contributed by atoms with Crippen molar-refractivity contribution >= 4 is 11.9 Å². The van der Waals surface area contributed by atoms with E-state index in [0.717, 1.165) is 5.56 Å². The third kappa shape index (κ3) is 4.42. The molecule has 1 rings (SSSR count). The van der Waals surface area contributed by atoms with Gasteiger partial charge in [0.2, 0.25) is 0 Å². The highest BCUT2D eigenvalue weighted by molar-refractivity contribution is 5.80. The lowest BCUT2D eigenvalue weighted by Crippen LogP contribution is -2.12. The maximum absolute atomic E-state index is 11.8. The lowest BCUT2D eigenvalue weighted by Gasteiger charge is -2.11. The van der Waals surface area contributed by atoms with Crippen molar-refractivity contribution in [2.24, 2.45) is 0 Å². The minimum absolute atomic E-state index is 0.111. The molecule has 0 fully saturated rings. The van der Waals surface area contributed by atoms with Gasteiger partial charge in [-0.05, 0) is 17.7 Å². The highest BCUT2D eigenvalue weighted by Gasteiger charge is 2.18. The molecule has 0 saturated heterocycles. The number of benzene rings is 1. The fourth-order valence-corrected chi connectivity index (χ4v) is 1.65. The average Bonchev–Trinajstić information content (AvgIpc) is 2.50. The monoisotopic (exact) mass is 278 g/mol. The Bertz CT molecular complexity index is 476. The maximum atomic E-state index is 11.8. The van der Waals surface area contributed by atoms with Gasteiger partial charge in [-0.25, -0.2) is 0 Å². The van der Waals surface area contributed by atoms with Crippen molar-refractivity contribution in [1.29, 1.82) is 0 Å². The number of rotatable bonds is 6. The zero-order valence-corrected chi connectivity index (χ0v) is 11.8. The Balaban J connectivity index is 2.88. The number of carbonyl (C=O) groups is 2. The molecule has 1 atom stereocenters. The number of hydrogen-bond donors (Lipinski definition) is 0. The molecule has 108 valence electrons. The van der Waals surface area contributed by atoms with Crippen LogP contribution in [0.4, 0.5) is 0 Å². The van der Waals surface area contributed by atoms with Gasteiger partial charge < -0.3 is 14.2 Å². The molecular formula is C15H18O5.